The molecule has 5 heterocycles. The highest BCUT2D eigenvalue weighted by atomic mass is 19.4. The number of pyridine rings is 1. The molecule has 0 spiro atoms. The average Bonchev–Trinajstić information content (AvgIpc) is 3.47. The van der Waals surface area contributed by atoms with Gasteiger partial charge in [0.1, 0.15) is 29.4 Å². The Morgan fingerprint density at radius 1 is 1.05 bits per heavy atom. The van der Waals surface area contributed by atoms with Crippen molar-refractivity contribution in [1.29, 1.82) is 0 Å². The van der Waals surface area contributed by atoms with E-state index in [1.165, 1.54) is 24.5 Å². The summed E-state index contributed by atoms with van der Waals surface area (Å²) in [5.74, 6) is 0.216. The van der Waals surface area contributed by atoms with Gasteiger partial charge in [0.15, 0.2) is 0 Å². The van der Waals surface area contributed by atoms with Gasteiger partial charge in [0.25, 0.3) is 5.91 Å². The van der Waals surface area contributed by atoms with Crippen LogP contribution in [0.1, 0.15) is 48.2 Å². The molecule has 0 radical (unpaired) electrons. The predicted octanol–water partition coefficient (Wildman–Crippen LogP) is 3.54. The van der Waals surface area contributed by atoms with Gasteiger partial charge in [0.2, 0.25) is 11.9 Å². The Labute approximate surface area is 233 Å². The van der Waals surface area contributed by atoms with Crippen molar-refractivity contribution >= 4 is 23.6 Å². The summed E-state index contributed by atoms with van der Waals surface area (Å²) in [6.45, 7) is 0.552. The molecule has 41 heavy (non-hydrogen) atoms. The Hall–Kier alpha value is -4.42. The normalized spacial score (nSPS) is 23.8. The van der Waals surface area contributed by atoms with Crippen LogP contribution in [0.2, 0.25) is 0 Å². The summed E-state index contributed by atoms with van der Waals surface area (Å²) in [6.07, 6.45) is 1.76. The second-order valence-corrected chi connectivity index (χ2v) is 10.5. The van der Waals surface area contributed by atoms with Crippen LogP contribution in [-0.2, 0) is 11.0 Å². The summed E-state index contributed by atoms with van der Waals surface area (Å²) < 4.78 is 46.9. The predicted molar refractivity (Wildman–Crippen MR) is 143 cm³/mol. The minimum Gasteiger partial charge on any atom is -0.490 e. The van der Waals surface area contributed by atoms with Gasteiger partial charge in [-0.1, -0.05) is 0 Å². The van der Waals surface area contributed by atoms with Gasteiger partial charge in [0, 0.05) is 55.5 Å². The first-order chi connectivity index (χ1) is 19.7. The van der Waals surface area contributed by atoms with Crippen LogP contribution < -0.4 is 26.0 Å². The van der Waals surface area contributed by atoms with E-state index >= 15 is 0 Å². The molecular formula is C28H28F3N7O3. The zero-order valence-corrected chi connectivity index (χ0v) is 21.9. The Kier molecular flexibility index (Phi) is 6.88. The number of amides is 2. The molecule has 3 atom stereocenters. The Morgan fingerprint density at radius 3 is 2.41 bits per heavy atom. The third-order valence-electron chi connectivity index (χ3n) is 7.85. The molecule has 3 unspecified atom stereocenters. The fourth-order valence-corrected chi connectivity index (χ4v) is 5.96. The smallest absolute Gasteiger partial charge is 0.416 e. The van der Waals surface area contributed by atoms with Crippen LogP contribution in [0.3, 0.4) is 0 Å². The number of fused-ring (bicyclic) bond motifs is 2. The summed E-state index contributed by atoms with van der Waals surface area (Å²) in [5.41, 5.74) is 5.78. The van der Waals surface area contributed by atoms with E-state index in [2.05, 4.69) is 30.5 Å². The molecular weight excluding hydrogens is 539 g/mol. The number of alkyl halides is 3. The first-order valence-electron chi connectivity index (χ1n) is 13.5. The fraction of sp³-hybridized carbons (Fsp3) is 0.393. The standard InChI is InChI=1S/C28H28F3N7O3/c29-28(30,31)16-1-4-23(20(11-16)15-5-8-33-9-6-15)41-19-12-17-2-3-18(13-19)38(17)27-36-22(25(32)39)14-24(37-27)35-21-7-10-34-26(21)40/h1,4-6,8-9,11,14,17-19,21H,2-3,7,10,12-13H2,(H2,32,39)(H,34,40)(H,35,36,37). The number of hydrogen-bond donors (Lipinski definition) is 3. The van der Waals surface area contributed by atoms with Crippen molar-refractivity contribution < 1.29 is 27.5 Å². The van der Waals surface area contributed by atoms with Crippen LogP contribution in [-0.4, -0.2) is 57.5 Å². The second kappa shape index (κ2) is 10.5. The number of carbonyl (C=O) groups excluding carboxylic acids is 2. The molecule has 2 aromatic heterocycles. The fourth-order valence-electron chi connectivity index (χ4n) is 5.96. The number of carbonyl (C=O) groups is 2. The SMILES string of the molecule is NC(=O)c1cc(NC2CCNC2=O)nc(N2C3CCC2CC(Oc2ccc(C(F)(F)F)cc2-c2ccncc2)C3)n1. The van der Waals surface area contributed by atoms with Crippen molar-refractivity contribution in [3.63, 3.8) is 0 Å². The maximum Gasteiger partial charge on any atom is 0.416 e. The summed E-state index contributed by atoms with van der Waals surface area (Å²) in [6, 6.07) is 7.78. The van der Waals surface area contributed by atoms with Crippen molar-refractivity contribution in [1.82, 2.24) is 20.3 Å². The third kappa shape index (κ3) is 5.48. The van der Waals surface area contributed by atoms with E-state index in [0.717, 1.165) is 25.0 Å². The number of anilines is 2. The van der Waals surface area contributed by atoms with E-state index in [1.54, 1.807) is 12.1 Å². The van der Waals surface area contributed by atoms with E-state index in [4.69, 9.17) is 10.5 Å². The van der Waals surface area contributed by atoms with Crippen LogP contribution in [0.25, 0.3) is 11.1 Å². The molecule has 6 rings (SSSR count). The molecule has 4 N–H and O–H groups in total. The van der Waals surface area contributed by atoms with Crippen LogP contribution in [0, 0.1) is 0 Å². The number of nitrogens with one attached hydrogen (secondary N) is 2. The van der Waals surface area contributed by atoms with Crippen LogP contribution in [0.4, 0.5) is 24.9 Å². The van der Waals surface area contributed by atoms with Crippen LogP contribution >= 0.6 is 0 Å². The minimum absolute atomic E-state index is 0.0108. The molecule has 3 fully saturated rings. The lowest BCUT2D eigenvalue weighted by Gasteiger charge is -2.39. The Bertz CT molecular complexity index is 1460. The first-order valence-corrected chi connectivity index (χ1v) is 13.5. The van der Waals surface area contributed by atoms with Gasteiger partial charge in [-0.2, -0.15) is 18.2 Å². The number of aromatic nitrogens is 3. The maximum atomic E-state index is 13.5. The van der Waals surface area contributed by atoms with Gasteiger partial charge in [-0.25, -0.2) is 4.98 Å². The van der Waals surface area contributed by atoms with E-state index in [9.17, 15) is 22.8 Å². The Morgan fingerprint density at radius 2 is 1.78 bits per heavy atom. The highest BCUT2D eigenvalue weighted by Gasteiger charge is 2.43. The summed E-state index contributed by atoms with van der Waals surface area (Å²) in [7, 11) is 0. The molecule has 1 aromatic carbocycles. The third-order valence-corrected chi connectivity index (χ3v) is 7.85. The summed E-state index contributed by atoms with van der Waals surface area (Å²) >= 11 is 0. The molecule has 3 aliphatic heterocycles. The number of nitrogens with zero attached hydrogens (tertiary/aromatic N) is 4. The lowest BCUT2D eigenvalue weighted by atomic mass is 9.99. The molecule has 2 amide bonds. The molecule has 13 heteroatoms. The van der Waals surface area contributed by atoms with E-state index in [1.807, 2.05) is 0 Å². The van der Waals surface area contributed by atoms with Gasteiger partial charge in [-0.15, -0.1) is 0 Å². The first kappa shape index (κ1) is 26.8. The van der Waals surface area contributed by atoms with Gasteiger partial charge < -0.3 is 26.0 Å². The van der Waals surface area contributed by atoms with Crippen molar-refractivity contribution in [3.05, 3.63) is 60.0 Å². The maximum absolute atomic E-state index is 13.5. The van der Waals surface area contributed by atoms with Gasteiger partial charge >= 0.3 is 6.18 Å². The zero-order valence-electron chi connectivity index (χ0n) is 21.9. The lowest BCUT2D eigenvalue weighted by Crippen LogP contribution is -2.47. The summed E-state index contributed by atoms with van der Waals surface area (Å²) in [4.78, 5) is 39.3. The monoisotopic (exact) mass is 567 g/mol. The van der Waals surface area contributed by atoms with Crippen molar-refractivity contribution in [3.8, 4) is 16.9 Å². The highest BCUT2D eigenvalue weighted by Crippen LogP contribution is 2.42. The van der Waals surface area contributed by atoms with Crippen molar-refractivity contribution in [2.45, 2.75) is 62.5 Å². The molecule has 0 aliphatic carbocycles. The van der Waals surface area contributed by atoms with Crippen molar-refractivity contribution in [2.75, 3.05) is 16.8 Å². The number of halogens is 3. The molecule has 10 nitrogen and oxygen atoms in total. The van der Waals surface area contributed by atoms with Gasteiger partial charge in [-0.3, -0.25) is 14.6 Å². The number of benzene rings is 1. The van der Waals surface area contributed by atoms with Gasteiger partial charge in [-0.05, 0) is 55.2 Å². The van der Waals surface area contributed by atoms with Crippen molar-refractivity contribution in [2.24, 2.45) is 5.73 Å². The zero-order chi connectivity index (χ0) is 28.7. The molecule has 214 valence electrons. The number of ether oxygens (including phenoxy) is 1. The molecule has 3 aromatic rings. The number of rotatable bonds is 7. The van der Waals surface area contributed by atoms with Crippen LogP contribution in [0.5, 0.6) is 5.75 Å². The van der Waals surface area contributed by atoms with E-state index in [0.29, 0.717) is 54.4 Å². The topological polar surface area (TPSA) is 135 Å². The Balaban J connectivity index is 1.24. The quantitative estimate of drug-likeness (QED) is 0.395. The molecule has 0 saturated carbocycles. The molecule has 2 bridgehead atoms. The second-order valence-electron chi connectivity index (χ2n) is 10.5. The molecule has 3 saturated heterocycles. The van der Waals surface area contributed by atoms with Crippen LogP contribution in [0.15, 0.2) is 48.8 Å². The minimum atomic E-state index is -4.49. The largest absolute Gasteiger partial charge is 0.490 e. The lowest BCUT2D eigenvalue weighted by molar-refractivity contribution is -0.137. The number of piperidine rings is 1. The van der Waals surface area contributed by atoms with E-state index < -0.39 is 23.7 Å². The summed E-state index contributed by atoms with van der Waals surface area (Å²) in [5, 5.41) is 5.85. The average molecular weight is 568 g/mol. The molecule has 3 aliphatic rings. The number of hydrogen-bond acceptors (Lipinski definition) is 8. The highest BCUT2D eigenvalue weighted by molar-refractivity contribution is 5.92. The number of nitrogens with two attached hydrogens (primary N) is 1. The van der Waals surface area contributed by atoms with Gasteiger partial charge in [0.05, 0.1) is 5.56 Å². The number of primary amides is 1. The van der Waals surface area contributed by atoms with E-state index in [-0.39, 0.29) is 29.8 Å².